The first-order valence-electron chi connectivity index (χ1n) is 6.15. The van der Waals surface area contributed by atoms with Gasteiger partial charge < -0.3 is 10.5 Å². The molecule has 5 nitrogen and oxygen atoms in total. The third-order valence-corrected chi connectivity index (χ3v) is 7.37. The molecule has 0 amide bonds. The fourth-order valence-corrected chi connectivity index (χ4v) is 6.54. The number of rotatable bonds is 4. The number of hydrogen-bond acceptors (Lipinski definition) is 5. The van der Waals surface area contributed by atoms with Gasteiger partial charge in [-0.2, -0.15) is 0 Å². The van der Waals surface area contributed by atoms with Gasteiger partial charge in [-0.15, -0.1) is 11.3 Å². The van der Waals surface area contributed by atoms with Crippen LogP contribution in [0.25, 0.3) is 0 Å². The van der Waals surface area contributed by atoms with Gasteiger partial charge in [0.1, 0.15) is 4.90 Å². The number of hydrogen-bond donors (Lipinski definition) is 2. The van der Waals surface area contributed by atoms with Crippen LogP contribution in [0.4, 0.5) is 0 Å². The molecule has 2 aliphatic rings. The van der Waals surface area contributed by atoms with E-state index in [-0.39, 0.29) is 23.1 Å². The molecule has 8 heteroatoms. The summed E-state index contributed by atoms with van der Waals surface area (Å²) in [7, 11) is -3.51. The van der Waals surface area contributed by atoms with Gasteiger partial charge in [0.05, 0.1) is 22.0 Å². The Morgan fingerprint density at radius 2 is 2.32 bits per heavy atom. The van der Waals surface area contributed by atoms with Crippen LogP contribution in [-0.4, -0.2) is 26.7 Å². The average Bonchev–Trinajstić information content (AvgIpc) is 3.02. The molecule has 19 heavy (non-hydrogen) atoms. The van der Waals surface area contributed by atoms with E-state index in [1.54, 1.807) is 6.07 Å². The molecule has 2 fully saturated rings. The first-order valence-corrected chi connectivity index (χ1v) is 9.25. The van der Waals surface area contributed by atoms with Gasteiger partial charge in [0.25, 0.3) is 0 Å². The summed E-state index contributed by atoms with van der Waals surface area (Å²) >= 11 is 4.65. The van der Waals surface area contributed by atoms with Crippen LogP contribution in [0.15, 0.2) is 14.7 Å². The first-order chi connectivity index (χ1) is 8.99. The highest BCUT2D eigenvalue weighted by molar-refractivity contribution is 9.11. The van der Waals surface area contributed by atoms with Gasteiger partial charge in [-0.3, -0.25) is 0 Å². The summed E-state index contributed by atoms with van der Waals surface area (Å²) in [5, 5.41) is 0. The van der Waals surface area contributed by atoms with Gasteiger partial charge in [0, 0.05) is 11.4 Å². The maximum atomic E-state index is 12.4. The molecule has 1 aromatic rings. The Morgan fingerprint density at radius 3 is 2.84 bits per heavy atom. The minimum absolute atomic E-state index is 0.0335. The smallest absolute Gasteiger partial charge is 0.242 e. The van der Waals surface area contributed by atoms with E-state index in [2.05, 4.69) is 20.7 Å². The SMILES string of the molecule is NCc1cc(S(=O)(=O)NC2CC3CCC2O3)c(Br)s1. The third-order valence-electron chi connectivity index (χ3n) is 3.61. The molecule has 2 aliphatic heterocycles. The standard InChI is InChI=1S/C11H15BrN2O3S2/c12-11-10(4-7(5-13)18-11)19(15,16)14-8-3-6-1-2-9(8)17-6/h4,6,8-9,14H,1-3,5,13H2. The molecule has 0 spiro atoms. The van der Waals surface area contributed by atoms with E-state index in [4.69, 9.17) is 10.5 Å². The summed E-state index contributed by atoms with van der Waals surface area (Å²) in [5.74, 6) is 0. The van der Waals surface area contributed by atoms with Crippen molar-refractivity contribution in [3.8, 4) is 0 Å². The van der Waals surface area contributed by atoms with Gasteiger partial charge in [-0.1, -0.05) is 0 Å². The van der Waals surface area contributed by atoms with Crippen molar-refractivity contribution in [3.63, 3.8) is 0 Å². The molecule has 3 atom stereocenters. The van der Waals surface area contributed by atoms with E-state index in [1.165, 1.54) is 11.3 Å². The van der Waals surface area contributed by atoms with E-state index < -0.39 is 10.0 Å². The third kappa shape index (κ3) is 2.62. The van der Waals surface area contributed by atoms with Crippen molar-refractivity contribution in [2.24, 2.45) is 5.73 Å². The van der Waals surface area contributed by atoms with Gasteiger partial charge >= 0.3 is 0 Å². The predicted octanol–water partition coefficient (Wildman–Crippen LogP) is 1.57. The second kappa shape index (κ2) is 5.09. The molecule has 3 unspecified atom stereocenters. The molecule has 3 N–H and O–H groups in total. The topological polar surface area (TPSA) is 81.4 Å². The van der Waals surface area contributed by atoms with Crippen molar-refractivity contribution in [3.05, 3.63) is 14.7 Å². The molecular formula is C11H15BrN2O3S2. The fraction of sp³-hybridized carbons (Fsp3) is 0.636. The zero-order chi connectivity index (χ0) is 13.6. The van der Waals surface area contributed by atoms with Crippen LogP contribution in [0.3, 0.4) is 0 Å². The van der Waals surface area contributed by atoms with Crippen molar-refractivity contribution in [1.29, 1.82) is 0 Å². The number of sulfonamides is 1. The lowest BCUT2D eigenvalue weighted by atomic mass is 9.96. The summed E-state index contributed by atoms with van der Waals surface area (Å²) < 4.78 is 33.8. The van der Waals surface area contributed by atoms with E-state index in [0.29, 0.717) is 10.3 Å². The van der Waals surface area contributed by atoms with Crippen molar-refractivity contribution >= 4 is 37.3 Å². The number of fused-ring (bicyclic) bond motifs is 2. The summed E-state index contributed by atoms with van der Waals surface area (Å²) in [5.41, 5.74) is 5.54. The van der Waals surface area contributed by atoms with E-state index >= 15 is 0 Å². The molecule has 3 heterocycles. The van der Waals surface area contributed by atoms with Crippen LogP contribution in [0.2, 0.25) is 0 Å². The highest BCUT2D eigenvalue weighted by Gasteiger charge is 2.42. The van der Waals surface area contributed by atoms with Gasteiger partial charge in [-0.05, 0) is 41.3 Å². The Kier molecular flexibility index (Phi) is 3.74. The number of ether oxygens (including phenoxy) is 1. The predicted molar refractivity (Wildman–Crippen MR) is 76.5 cm³/mol. The summed E-state index contributed by atoms with van der Waals surface area (Å²) in [6.07, 6.45) is 3.02. The summed E-state index contributed by atoms with van der Waals surface area (Å²) in [6, 6.07) is 1.53. The Morgan fingerprint density at radius 1 is 1.53 bits per heavy atom. The number of nitrogens with one attached hydrogen (secondary N) is 1. The maximum Gasteiger partial charge on any atom is 0.242 e. The second-order valence-electron chi connectivity index (χ2n) is 4.89. The molecule has 2 bridgehead atoms. The van der Waals surface area contributed by atoms with Crippen LogP contribution < -0.4 is 10.5 Å². The molecule has 0 aromatic carbocycles. The molecule has 0 radical (unpaired) electrons. The first kappa shape index (κ1) is 14.0. The van der Waals surface area contributed by atoms with Crippen molar-refractivity contribution < 1.29 is 13.2 Å². The monoisotopic (exact) mass is 366 g/mol. The van der Waals surface area contributed by atoms with Crippen molar-refractivity contribution in [2.45, 2.75) is 49.0 Å². The molecule has 3 rings (SSSR count). The highest BCUT2D eigenvalue weighted by atomic mass is 79.9. The minimum atomic E-state index is -3.51. The van der Waals surface area contributed by atoms with Gasteiger partial charge in [-0.25, -0.2) is 13.1 Å². The summed E-state index contributed by atoms with van der Waals surface area (Å²) in [6.45, 7) is 0.343. The average molecular weight is 367 g/mol. The van der Waals surface area contributed by atoms with Gasteiger partial charge in [0.15, 0.2) is 0 Å². The zero-order valence-corrected chi connectivity index (χ0v) is 13.4. The Bertz CT molecular complexity index is 587. The largest absolute Gasteiger partial charge is 0.373 e. The van der Waals surface area contributed by atoms with Crippen LogP contribution in [0.5, 0.6) is 0 Å². The van der Waals surface area contributed by atoms with Gasteiger partial charge in [0.2, 0.25) is 10.0 Å². The molecular weight excluding hydrogens is 352 g/mol. The van der Waals surface area contributed by atoms with Crippen LogP contribution >= 0.6 is 27.3 Å². The maximum absolute atomic E-state index is 12.4. The molecule has 2 saturated heterocycles. The number of thiophene rings is 1. The van der Waals surface area contributed by atoms with E-state index in [9.17, 15) is 8.42 Å². The van der Waals surface area contributed by atoms with Crippen LogP contribution in [0.1, 0.15) is 24.1 Å². The lowest BCUT2D eigenvalue weighted by molar-refractivity contribution is 0.0996. The second-order valence-corrected chi connectivity index (χ2v) is 9.03. The van der Waals surface area contributed by atoms with E-state index in [1.807, 2.05) is 0 Å². The van der Waals surface area contributed by atoms with E-state index in [0.717, 1.165) is 24.1 Å². The Balaban J connectivity index is 1.80. The highest BCUT2D eigenvalue weighted by Crippen LogP contribution is 2.36. The normalized spacial score (nSPS) is 30.1. The Hall–Kier alpha value is 0.01000. The molecule has 1 aromatic heterocycles. The fourth-order valence-electron chi connectivity index (χ4n) is 2.71. The van der Waals surface area contributed by atoms with Crippen molar-refractivity contribution in [2.75, 3.05) is 0 Å². The molecule has 0 aliphatic carbocycles. The molecule has 106 valence electrons. The Labute approximate surface area is 124 Å². The number of nitrogens with two attached hydrogens (primary N) is 1. The summed E-state index contributed by atoms with van der Waals surface area (Å²) in [4.78, 5) is 1.12. The van der Waals surface area contributed by atoms with Crippen molar-refractivity contribution in [1.82, 2.24) is 4.72 Å². The molecule has 0 saturated carbocycles. The quantitative estimate of drug-likeness (QED) is 0.847. The number of halogens is 1. The lowest BCUT2D eigenvalue weighted by Crippen LogP contribution is -2.41. The van der Waals surface area contributed by atoms with Crippen LogP contribution in [0, 0.1) is 0 Å². The minimum Gasteiger partial charge on any atom is -0.373 e. The lowest BCUT2D eigenvalue weighted by Gasteiger charge is -2.19. The zero-order valence-electron chi connectivity index (χ0n) is 10.1. The van der Waals surface area contributed by atoms with Crippen LogP contribution in [-0.2, 0) is 21.3 Å².